The molecule has 1 aromatic carbocycles. The summed E-state index contributed by atoms with van der Waals surface area (Å²) in [6.45, 7) is -1.42. The van der Waals surface area contributed by atoms with Crippen LogP contribution in [0, 0.1) is 0 Å². The second-order valence-electron chi connectivity index (χ2n) is 7.54. The Labute approximate surface area is 188 Å². The third kappa shape index (κ3) is 4.06. The zero-order valence-corrected chi connectivity index (χ0v) is 17.6. The Morgan fingerprint density at radius 1 is 1.30 bits per heavy atom. The number of hydrogen-bond donors (Lipinski definition) is 2. The molecule has 0 spiro atoms. The lowest BCUT2D eigenvalue weighted by Crippen LogP contribution is -2.43. The van der Waals surface area contributed by atoms with Gasteiger partial charge in [0.05, 0.1) is 10.6 Å². The standard InChI is InChI=1S/C20H15ClF4N4O4/c1-29-16(15(20(23,24)25)13(8-22)27-29)12-7-14(33-28-12)9-2-3-11(21)10(6-9)17(30)26-19(4-5-19)18(31)32/h2-3,6-7H,4-5,8H2,1H3,(H,26,30)(H,31,32). The fraction of sp³-hybridized carbons (Fsp3) is 0.300. The van der Waals surface area contributed by atoms with Gasteiger partial charge in [-0.25, -0.2) is 9.18 Å². The van der Waals surface area contributed by atoms with E-state index < -0.39 is 47.2 Å². The summed E-state index contributed by atoms with van der Waals surface area (Å²) >= 11 is 6.09. The average Bonchev–Trinajstić information content (AvgIpc) is 3.21. The van der Waals surface area contributed by atoms with Crippen LogP contribution in [0.1, 0.15) is 34.5 Å². The van der Waals surface area contributed by atoms with Crippen LogP contribution in [0.25, 0.3) is 22.7 Å². The number of rotatable bonds is 6. The summed E-state index contributed by atoms with van der Waals surface area (Å²) in [6, 6.07) is 5.31. The van der Waals surface area contributed by atoms with Crippen LogP contribution in [-0.4, -0.2) is 37.5 Å². The van der Waals surface area contributed by atoms with Crippen LogP contribution in [0.15, 0.2) is 28.8 Å². The maximum absolute atomic E-state index is 13.5. The fourth-order valence-corrected chi connectivity index (χ4v) is 3.65. The van der Waals surface area contributed by atoms with Crippen molar-refractivity contribution in [3.63, 3.8) is 0 Å². The van der Waals surface area contributed by atoms with Crippen LogP contribution in [0.2, 0.25) is 5.02 Å². The minimum Gasteiger partial charge on any atom is -0.480 e. The minimum atomic E-state index is -4.88. The smallest absolute Gasteiger partial charge is 0.420 e. The molecule has 0 unspecified atom stereocenters. The maximum Gasteiger partial charge on any atom is 0.420 e. The van der Waals surface area contributed by atoms with Crippen molar-refractivity contribution >= 4 is 23.5 Å². The van der Waals surface area contributed by atoms with Gasteiger partial charge < -0.3 is 14.9 Å². The molecule has 33 heavy (non-hydrogen) atoms. The van der Waals surface area contributed by atoms with Gasteiger partial charge in [-0.05, 0) is 31.0 Å². The number of carboxylic acid groups (broad SMARTS) is 1. The van der Waals surface area contributed by atoms with E-state index in [1.807, 2.05) is 0 Å². The van der Waals surface area contributed by atoms with Crippen LogP contribution in [0.4, 0.5) is 17.6 Å². The number of benzene rings is 1. The number of aromatic nitrogens is 3. The van der Waals surface area contributed by atoms with E-state index in [0.717, 1.165) is 4.68 Å². The Kier molecular flexibility index (Phi) is 5.43. The molecular weight excluding hydrogens is 472 g/mol. The quantitative estimate of drug-likeness (QED) is 0.504. The third-order valence-electron chi connectivity index (χ3n) is 5.29. The molecule has 2 heterocycles. The molecule has 3 aromatic rings. The number of aryl methyl sites for hydroxylation is 1. The second-order valence-corrected chi connectivity index (χ2v) is 7.94. The highest BCUT2D eigenvalue weighted by Crippen LogP contribution is 2.40. The molecule has 1 aliphatic carbocycles. The lowest BCUT2D eigenvalue weighted by molar-refractivity contribution is -0.140. The van der Waals surface area contributed by atoms with Crippen LogP contribution in [0.5, 0.6) is 0 Å². The van der Waals surface area contributed by atoms with Crippen molar-refractivity contribution in [2.45, 2.75) is 31.2 Å². The second kappa shape index (κ2) is 7.87. The molecule has 1 aliphatic rings. The first-order valence-corrected chi connectivity index (χ1v) is 9.86. The maximum atomic E-state index is 13.5. The summed E-state index contributed by atoms with van der Waals surface area (Å²) in [5.41, 5.74) is -3.88. The van der Waals surface area contributed by atoms with Gasteiger partial charge in [0.1, 0.15) is 34.9 Å². The van der Waals surface area contributed by atoms with E-state index in [-0.39, 0.29) is 40.4 Å². The number of carbonyl (C=O) groups is 2. The SMILES string of the molecule is Cn1nc(CF)c(C(F)(F)F)c1-c1cc(-c2ccc(Cl)c(C(=O)NC3(C(=O)O)CC3)c2)on1. The van der Waals surface area contributed by atoms with Crippen molar-refractivity contribution in [1.82, 2.24) is 20.3 Å². The molecular formula is C20H15ClF4N4O4. The van der Waals surface area contributed by atoms with Crippen molar-refractivity contribution < 1.29 is 36.8 Å². The fourth-order valence-electron chi connectivity index (χ4n) is 3.44. The van der Waals surface area contributed by atoms with Gasteiger partial charge in [-0.2, -0.15) is 18.3 Å². The summed E-state index contributed by atoms with van der Waals surface area (Å²) in [4.78, 5) is 23.9. The highest BCUT2D eigenvalue weighted by atomic mass is 35.5. The normalized spacial score (nSPS) is 14.8. The van der Waals surface area contributed by atoms with Gasteiger partial charge in [0.15, 0.2) is 5.76 Å². The Hall–Kier alpha value is -3.41. The Balaban J connectivity index is 1.70. The first kappa shape index (κ1) is 22.8. The number of carboxylic acids is 1. The first-order chi connectivity index (χ1) is 15.5. The van der Waals surface area contributed by atoms with Gasteiger partial charge in [0.25, 0.3) is 5.91 Å². The molecule has 174 valence electrons. The molecule has 2 N–H and O–H groups in total. The summed E-state index contributed by atoms with van der Waals surface area (Å²) in [6.07, 6.45) is -4.31. The number of amides is 1. The molecule has 1 amide bonds. The largest absolute Gasteiger partial charge is 0.480 e. The van der Waals surface area contributed by atoms with Crippen molar-refractivity contribution in [2.75, 3.05) is 0 Å². The van der Waals surface area contributed by atoms with E-state index in [4.69, 9.17) is 16.1 Å². The monoisotopic (exact) mass is 486 g/mol. The minimum absolute atomic E-state index is 0.00575. The molecule has 8 nitrogen and oxygen atoms in total. The Morgan fingerprint density at radius 3 is 2.58 bits per heavy atom. The number of alkyl halides is 4. The molecule has 0 radical (unpaired) electrons. The summed E-state index contributed by atoms with van der Waals surface area (Å²) in [5.74, 6) is -1.88. The van der Waals surface area contributed by atoms with E-state index >= 15 is 0 Å². The summed E-state index contributed by atoms with van der Waals surface area (Å²) in [7, 11) is 1.22. The molecule has 2 aromatic heterocycles. The third-order valence-corrected chi connectivity index (χ3v) is 5.62. The zero-order chi connectivity index (χ0) is 24.1. The lowest BCUT2D eigenvalue weighted by Gasteiger charge is -2.13. The number of nitrogens with zero attached hydrogens (tertiary/aromatic N) is 3. The van der Waals surface area contributed by atoms with Crippen molar-refractivity contribution in [2.24, 2.45) is 7.05 Å². The Bertz CT molecular complexity index is 1260. The molecule has 1 saturated carbocycles. The lowest BCUT2D eigenvalue weighted by atomic mass is 10.1. The van der Waals surface area contributed by atoms with Gasteiger partial charge in [0, 0.05) is 18.7 Å². The van der Waals surface area contributed by atoms with Crippen LogP contribution in [-0.2, 0) is 24.7 Å². The van der Waals surface area contributed by atoms with Crippen molar-refractivity contribution in [3.05, 3.63) is 46.1 Å². The molecule has 0 saturated heterocycles. The van der Waals surface area contributed by atoms with Crippen LogP contribution >= 0.6 is 11.6 Å². The zero-order valence-electron chi connectivity index (χ0n) is 16.8. The van der Waals surface area contributed by atoms with Crippen LogP contribution in [0.3, 0.4) is 0 Å². The molecule has 4 rings (SSSR count). The summed E-state index contributed by atoms with van der Waals surface area (Å²) in [5, 5.41) is 19.0. The number of aliphatic carboxylic acids is 1. The van der Waals surface area contributed by atoms with E-state index in [9.17, 15) is 32.3 Å². The van der Waals surface area contributed by atoms with Gasteiger partial charge in [-0.3, -0.25) is 9.48 Å². The van der Waals surface area contributed by atoms with E-state index in [0.29, 0.717) is 0 Å². The predicted octanol–water partition coefficient (Wildman–Crippen LogP) is 4.23. The first-order valence-electron chi connectivity index (χ1n) is 9.49. The molecule has 0 bridgehead atoms. The van der Waals surface area contributed by atoms with Crippen LogP contribution < -0.4 is 5.32 Å². The topological polar surface area (TPSA) is 110 Å². The molecule has 0 atom stereocenters. The average molecular weight is 487 g/mol. The van der Waals surface area contributed by atoms with Crippen molar-refractivity contribution in [3.8, 4) is 22.7 Å². The van der Waals surface area contributed by atoms with Gasteiger partial charge in [-0.15, -0.1) is 0 Å². The van der Waals surface area contributed by atoms with Gasteiger partial charge >= 0.3 is 12.1 Å². The van der Waals surface area contributed by atoms with Gasteiger partial charge in [0.2, 0.25) is 0 Å². The number of carbonyl (C=O) groups excluding carboxylic acids is 1. The van der Waals surface area contributed by atoms with Gasteiger partial charge in [-0.1, -0.05) is 16.8 Å². The van der Waals surface area contributed by atoms with E-state index in [1.165, 1.54) is 31.3 Å². The van der Waals surface area contributed by atoms with Crippen molar-refractivity contribution in [1.29, 1.82) is 0 Å². The molecule has 0 aliphatic heterocycles. The molecule has 1 fully saturated rings. The highest BCUT2D eigenvalue weighted by molar-refractivity contribution is 6.34. The number of halogens is 5. The number of nitrogens with one attached hydrogen (secondary N) is 1. The number of hydrogen-bond acceptors (Lipinski definition) is 5. The van der Waals surface area contributed by atoms with E-state index in [1.54, 1.807) is 0 Å². The molecule has 13 heteroatoms. The van der Waals surface area contributed by atoms with E-state index in [2.05, 4.69) is 15.6 Å². The summed E-state index contributed by atoms with van der Waals surface area (Å²) < 4.78 is 59.7. The predicted molar refractivity (Wildman–Crippen MR) is 106 cm³/mol. The Morgan fingerprint density at radius 2 is 2.00 bits per heavy atom. The highest BCUT2D eigenvalue weighted by Gasteiger charge is 2.51.